The molecule has 0 fully saturated rings. The molecule has 248 valence electrons. The van der Waals surface area contributed by atoms with E-state index >= 15 is 0 Å². The van der Waals surface area contributed by atoms with Crippen LogP contribution in [0.15, 0.2) is 60.2 Å². The maximum atomic E-state index is 11.0. The second-order valence-electron chi connectivity index (χ2n) is 12.0. The van der Waals surface area contributed by atoms with E-state index in [1.54, 1.807) is 0 Å². The van der Waals surface area contributed by atoms with Crippen molar-refractivity contribution in [3.63, 3.8) is 0 Å². The summed E-state index contributed by atoms with van der Waals surface area (Å²) < 4.78 is 1.37. The van der Waals surface area contributed by atoms with Crippen LogP contribution in [0, 0.1) is 13.8 Å². The van der Waals surface area contributed by atoms with E-state index in [1.807, 2.05) is 0 Å². The van der Waals surface area contributed by atoms with Gasteiger partial charge < -0.3 is 19.4 Å². The topological polar surface area (TPSA) is 25.3 Å². The Morgan fingerprint density at radius 3 is 1.48 bits per heavy atom. The number of benzene rings is 2. The number of hydrogen-bond donors (Lipinski definition) is 0. The molecule has 0 aliphatic carbocycles. The van der Waals surface area contributed by atoms with E-state index in [9.17, 15) is 5.53 Å². The van der Waals surface area contributed by atoms with Crippen LogP contribution >= 0.6 is 0 Å². The monoisotopic (exact) mass is 642 g/mol. The summed E-state index contributed by atoms with van der Waals surface area (Å²) in [6.45, 7) is 18.6. The van der Waals surface area contributed by atoms with E-state index < -0.39 is 0 Å². The van der Waals surface area contributed by atoms with E-state index in [-0.39, 0.29) is 16.5 Å². The van der Waals surface area contributed by atoms with Crippen molar-refractivity contribution < 1.29 is 21.2 Å². The van der Waals surface area contributed by atoms with Crippen LogP contribution < -0.4 is 0 Å². The van der Waals surface area contributed by atoms with Crippen molar-refractivity contribution in [3.8, 4) is 0 Å². The Kier molecular flexibility index (Phi) is 26.1. The van der Waals surface area contributed by atoms with Crippen molar-refractivity contribution in [1.82, 2.24) is 0 Å². The molecule has 1 heterocycles. The molecule has 0 aromatic heterocycles. The Balaban J connectivity index is 0.000000901. The second-order valence-corrected chi connectivity index (χ2v) is 12.0. The van der Waals surface area contributed by atoms with Gasteiger partial charge in [-0.05, 0) is 68.0 Å². The Labute approximate surface area is 283 Å². The number of unbranched alkanes of at least 4 members (excludes halogenated alkanes) is 12. The molecular weight excluding hydrogens is 579 g/mol. The molecule has 3 rings (SSSR count). The molecule has 2 aromatic carbocycles. The molecule has 0 atom stereocenters. The van der Waals surface area contributed by atoms with E-state index in [0.29, 0.717) is 0 Å². The van der Waals surface area contributed by atoms with Crippen molar-refractivity contribution in [2.24, 2.45) is 0 Å². The van der Waals surface area contributed by atoms with Crippen LogP contribution in [0.4, 0.5) is 0 Å². The fourth-order valence-corrected chi connectivity index (χ4v) is 5.26. The van der Waals surface area contributed by atoms with Gasteiger partial charge in [-0.15, -0.1) is 0 Å². The second kappa shape index (κ2) is 27.3. The normalized spacial score (nSPS) is 12.2. The van der Waals surface area contributed by atoms with Crippen LogP contribution in [-0.4, -0.2) is 4.70 Å². The quantitative estimate of drug-likeness (QED) is 0.0669. The Morgan fingerprint density at radius 2 is 1.02 bits per heavy atom. The largest absolute Gasteiger partial charge is 2.00 e. The molecule has 2 aromatic rings. The molecule has 44 heavy (non-hydrogen) atoms. The van der Waals surface area contributed by atoms with Gasteiger partial charge in [0.25, 0.3) is 0 Å². The summed E-state index contributed by atoms with van der Waals surface area (Å²) >= 11 is 0. The predicted octanol–water partition coefficient (Wildman–Crippen LogP) is 13.6. The SMILES string of the molecule is CCCCc1cccc(C2=CC(C)=C(c3cccc(CCCC)c3)[N+]2=[N-])c1.[CH2-]CCCCCCC.[CH2-]CCCCCCC.[Ni+2]. The summed E-state index contributed by atoms with van der Waals surface area (Å²) in [6, 6.07) is 17.1. The first kappa shape index (κ1) is 42.0. The van der Waals surface area contributed by atoms with Crippen molar-refractivity contribution in [3.05, 3.63) is 102 Å². The Morgan fingerprint density at radius 1 is 0.591 bits per heavy atom. The van der Waals surface area contributed by atoms with Gasteiger partial charge in [0.2, 0.25) is 11.4 Å². The van der Waals surface area contributed by atoms with Gasteiger partial charge in [-0.1, -0.05) is 129 Å². The third kappa shape index (κ3) is 16.9. The van der Waals surface area contributed by atoms with Gasteiger partial charge in [0, 0.05) is 22.8 Å². The predicted molar refractivity (Wildman–Crippen MR) is 192 cm³/mol. The number of allylic oxidation sites excluding steroid dienone is 2. The third-order valence-corrected chi connectivity index (χ3v) is 7.94. The van der Waals surface area contributed by atoms with Crippen molar-refractivity contribution >= 4 is 11.4 Å². The molecule has 0 amide bonds. The molecule has 1 aliphatic rings. The minimum atomic E-state index is 0. The van der Waals surface area contributed by atoms with Gasteiger partial charge in [0.15, 0.2) is 0 Å². The molecule has 0 saturated heterocycles. The molecular formula is C41H64N2Ni. The molecule has 0 spiro atoms. The molecule has 0 radical (unpaired) electrons. The average molecular weight is 644 g/mol. The third-order valence-electron chi connectivity index (χ3n) is 7.94. The fourth-order valence-electron chi connectivity index (χ4n) is 5.26. The van der Waals surface area contributed by atoms with Crippen LogP contribution in [0.5, 0.6) is 0 Å². The number of rotatable bonds is 18. The van der Waals surface area contributed by atoms with E-state index in [4.69, 9.17) is 0 Å². The average Bonchev–Trinajstić information content (AvgIpc) is 3.33. The van der Waals surface area contributed by atoms with Crippen molar-refractivity contribution in [2.75, 3.05) is 0 Å². The summed E-state index contributed by atoms with van der Waals surface area (Å²) in [5.41, 5.74) is 18.6. The summed E-state index contributed by atoms with van der Waals surface area (Å²) in [5, 5.41) is 0. The fraction of sp³-hybridized carbons (Fsp3) is 0.561. The first-order valence-corrected chi connectivity index (χ1v) is 17.7. The van der Waals surface area contributed by atoms with E-state index in [0.717, 1.165) is 53.8 Å². The first-order chi connectivity index (χ1) is 21.0. The molecule has 0 saturated carbocycles. The van der Waals surface area contributed by atoms with Crippen LogP contribution in [-0.2, 0) is 29.3 Å². The standard InChI is InChI=1S/C25H30N2.2C8H17.Ni/c1-4-6-10-20-12-8-14-22(17-20)24-16-19(3)25(27(24)26)23-15-9-13-21(18-23)11-7-5-2;2*1-3-5-7-8-6-4-2;/h8-9,12-18H,4-7,10-11H2,1-3H3;2*1,3-8H2,2H3;/q;2*-1;+2. The Hall–Kier alpha value is -1.99. The van der Waals surface area contributed by atoms with E-state index in [2.05, 4.69) is 103 Å². The van der Waals surface area contributed by atoms with Gasteiger partial charge in [-0.25, -0.2) is 4.70 Å². The smallest absolute Gasteiger partial charge is 0.493 e. The molecule has 1 aliphatic heterocycles. The number of aryl methyl sites for hydroxylation is 2. The van der Waals surface area contributed by atoms with Gasteiger partial charge in [-0.2, -0.15) is 12.8 Å². The summed E-state index contributed by atoms with van der Waals surface area (Å²) in [5.74, 6) is 0. The minimum absolute atomic E-state index is 0. The van der Waals surface area contributed by atoms with Crippen molar-refractivity contribution in [1.29, 1.82) is 0 Å². The van der Waals surface area contributed by atoms with Crippen LogP contribution in [0.1, 0.15) is 160 Å². The molecule has 3 heteroatoms. The van der Waals surface area contributed by atoms with Crippen LogP contribution in [0.25, 0.3) is 16.9 Å². The summed E-state index contributed by atoms with van der Waals surface area (Å²) in [7, 11) is 0. The first-order valence-electron chi connectivity index (χ1n) is 17.7. The summed E-state index contributed by atoms with van der Waals surface area (Å²) in [6.07, 6.45) is 25.0. The maximum absolute atomic E-state index is 11.0. The zero-order chi connectivity index (χ0) is 31.7. The molecule has 0 N–H and O–H groups in total. The molecule has 0 bridgehead atoms. The van der Waals surface area contributed by atoms with Gasteiger partial charge in [-0.3, -0.25) is 0 Å². The van der Waals surface area contributed by atoms with E-state index in [1.165, 1.54) is 106 Å². The number of hydrogen-bond acceptors (Lipinski definition) is 0. The zero-order valence-corrected chi connectivity index (χ0v) is 30.0. The van der Waals surface area contributed by atoms with Crippen molar-refractivity contribution in [2.45, 2.75) is 150 Å². The van der Waals surface area contributed by atoms with Gasteiger partial charge in [0.05, 0.1) is 0 Å². The van der Waals surface area contributed by atoms with Gasteiger partial charge in [0.1, 0.15) is 0 Å². The van der Waals surface area contributed by atoms with Gasteiger partial charge >= 0.3 is 16.5 Å². The Bertz CT molecular complexity index is 1060. The zero-order valence-electron chi connectivity index (χ0n) is 29.0. The molecule has 2 nitrogen and oxygen atoms in total. The van der Waals surface area contributed by atoms with Crippen LogP contribution in [0.2, 0.25) is 0 Å². The number of nitrogens with zero attached hydrogens (tertiary/aromatic N) is 2. The van der Waals surface area contributed by atoms with Crippen LogP contribution in [0.3, 0.4) is 0 Å². The molecule has 0 unspecified atom stereocenters. The summed E-state index contributed by atoms with van der Waals surface area (Å²) in [4.78, 5) is 0. The minimum Gasteiger partial charge on any atom is -0.493 e. The maximum Gasteiger partial charge on any atom is 2.00 e.